The summed E-state index contributed by atoms with van der Waals surface area (Å²) in [4.78, 5) is 10.4. The molecule has 0 unspecified atom stereocenters. The number of hydrogen-bond donors (Lipinski definition) is 2. The molecule has 0 amide bonds. The van der Waals surface area contributed by atoms with Crippen molar-refractivity contribution < 1.29 is 10.0 Å². The highest BCUT2D eigenvalue weighted by molar-refractivity contribution is 5.61. The highest BCUT2D eigenvalue weighted by Gasteiger charge is 2.12. The quantitative estimate of drug-likeness (QED) is 0.589. The fourth-order valence-electron chi connectivity index (χ4n) is 1.60. The van der Waals surface area contributed by atoms with E-state index < -0.39 is 4.92 Å². The third kappa shape index (κ3) is 3.26. The van der Waals surface area contributed by atoms with Gasteiger partial charge in [0, 0.05) is 6.07 Å². The van der Waals surface area contributed by atoms with E-state index in [4.69, 9.17) is 5.11 Å². The molecule has 0 aliphatic carbocycles. The fraction of sp³-hybridized carbons (Fsp3) is 0.273. The van der Waals surface area contributed by atoms with E-state index in [1.807, 2.05) is 0 Å². The van der Waals surface area contributed by atoms with E-state index in [9.17, 15) is 10.1 Å². The third-order valence-corrected chi connectivity index (χ3v) is 2.48. The minimum Gasteiger partial charge on any atom is -0.394 e. The zero-order chi connectivity index (χ0) is 13.7. The number of para-hydroxylation sites is 2. The number of nitrogens with zero attached hydrogens (tertiary/aromatic N) is 4. The van der Waals surface area contributed by atoms with Crippen molar-refractivity contribution in [2.75, 3.05) is 11.9 Å². The van der Waals surface area contributed by atoms with Gasteiger partial charge in [-0.25, -0.2) is 4.68 Å². The van der Waals surface area contributed by atoms with E-state index in [-0.39, 0.29) is 12.3 Å². The number of aliphatic hydroxyl groups is 1. The molecule has 1 aromatic heterocycles. The van der Waals surface area contributed by atoms with E-state index in [1.54, 1.807) is 24.4 Å². The number of nitro benzene ring substituents is 1. The van der Waals surface area contributed by atoms with Crippen LogP contribution in [0.25, 0.3) is 0 Å². The normalized spacial score (nSPS) is 10.4. The molecule has 0 aliphatic heterocycles. The van der Waals surface area contributed by atoms with Crippen LogP contribution in [0.15, 0.2) is 30.5 Å². The van der Waals surface area contributed by atoms with Crippen LogP contribution in [0.4, 0.5) is 11.4 Å². The van der Waals surface area contributed by atoms with Gasteiger partial charge < -0.3 is 10.4 Å². The van der Waals surface area contributed by atoms with Crippen molar-refractivity contribution in [2.24, 2.45) is 0 Å². The van der Waals surface area contributed by atoms with Gasteiger partial charge in [-0.3, -0.25) is 10.1 Å². The van der Waals surface area contributed by atoms with E-state index in [0.29, 0.717) is 24.5 Å². The maximum Gasteiger partial charge on any atom is 0.292 e. The summed E-state index contributed by atoms with van der Waals surface area (Å²) in [6.07, 6.45) is 1.68. The van der Waals surface area contributed by atoms with Crippen molar-refractivity contribution in [1.82, 2.24) is 15.0 Å². The highest BCUT2D eigenvalue weighted by Crippen LogP contribution is 2.23. The Hall–Kier alpha value is -2.48. The predicted octanol–water partition coefficient (Wildman–Crippen LogP) is 0.791. The molecule has 0 bridgehead atoms. The molecule has 19 heavy (non-hydrogen) atoms. The zero-order valence-corrected chi connectivity index (χ0v) is 10.1. The maximum atomic E-state index is 10.8. The van der Waals surface area contributed by atoms with Crippen molar-refractivity contribution in [3.05, 3.63) is 46.3 Å². The van der Waals surface area contributed by atoms with Gasteiger partial charge in [-0.2, -0.15) is 0 Å². The second-order valence-electron chi connectivity index (χ2n) is 3.82. The molecule has 0 radical (unpaired) electrons. The lowest BCUT2D eigenvalue weighted by molar-refractivity contribution is -0.384. The first-order valence-corrected chi connectivity index (χ1v) is 5.68. The van der Waals surface area contributed by atoms with Crippen molar-refractivity contribution in [1.29, 1.82) is 0 Å². The van der Waals surface area contributed by atoms with Crippen LogP contribution in [-0.2, 0) is 13.1 Å². The molecule has 2 N–H and O–H groups in total. The van der Waals surface area contributed by atoms with Gasteiger partial charge in [0.1, 0.15) is 11.4 Å². The summed E-state index contributed by atoms with van der Waals surface area (Å²) in [6, 6.07) is 6.40. The van der Waals surface area contributed by atoms with Crippen LogP contribution in [0.3, 0.4) is 0 Å². The number of benzene rings is 1. The number of anilines is 1. The molecule has 100 valence electrons. The van der Waals surface area contributed by atoms with Crippen molar-refractivity contribution >= 4 is 11.4 Å². The van der Waals surface area contributed by atoms with Gasteiger partial charge in [-0.05, 0) is 6.07 Å². The molecule has 2 rings (SSSR count). The molecule has 2 aromatic rings. The third-order valence-electron chi connectivity index (χ3n) is 2.48. The van der Waals surface area contributed by atoms with Crippen LogP contribution in [0.1, 0.15) is 5.69 Å². The summed E-state index contributed by atoms with van der Waals surface area (Å²) in [5.74, 6) is 0. The van der Waals surface area contributed by atoms with Crippen molar-refractivity contribution in [3.63, 3.8) is 0 Å². The van der Waals surface area contributed by atoms with Gasteiger partial charge in [0.05, 0.1) is 30.8 Å². The van der Waals surface area contributed by atoms with Crippen LogP contribution in [0.5, 0.6) is 0 Å². The molecule has 0 aliphatic rings. The maximum absolute atomic E-state index is 10.8. The molecule has 1 aromatic carbocycles. The lowest BCUT2D eigenvalue weighted by Crippen LogP contribution is -2.03. The Labute approximate surface area is 108 Å². The van der Waals surface area contributed by atoms with Gasteiger partial charge in [-0.15, -0.1) is 5.10 Å². The van der Waals surface area contributed by atoms with Gasteiger partial charge in [0.2, 0.25) is 0 Å². The van der Waals surface area contributed by atoms with Gasteiger partial charge in [0.15, 0.2) is 0 Å². The Morgan fingerprint density at radius 2 is 2.21 bits per heavy atom. The van der Waals surface area contributed by atoms with Crippen LogP contribution in [0.2, 0.25) is 0 Å². The SMILES string of the molecule is O=[N+]([O-])c1ccccc1NCc1cn(CCO)nn1. The first-order valence-electron chi connectivity index (χ1n) is 5.68. The topological polar surface area (TPSA) is 106 Å². The van der Waals surface area contributed by atoms with E-state index in [1.165, 1.54) is 10.7 Å². The first kappa shape index (κ1) is 13.0. The first-order chi connectivity index (χ1) is 9.20. The molecule has 0 saturated heterocycles. The lowest BCUT2D eigenvalue weighted by atomic mass is 10.2. The summed E-state index contributed by atoms with van der Waals surface area (Å²) in [6.45, 7) is 0.690. The summed E-state index contributed by atoms with van der Waals surface area (Å²) in [5, 5.41) is 30.2. The Kier molecular flexibility index (Phi) is 4.04. The summed E-state index contributed by atoms with van der Waals surface area (Å²) in [7, 11) is 0. The van der Waals surface area contributed by atoms with Gasteiger partial charge >= 0.3 is 0 Å². The fourth-order valence-corrected chi connectivity index (χ4v) is 1.60. The summed E-state index contributed by atoms with van der Waals surface area (Å²) >= 11 is 0. The minimum absolute atomic E-state index is 0.0135. The average Bonchev–Trinajstić information content (AvgIpc) is 2.85. The number of aromatic nitrogens is 3. The molecular weight excluding hydrogens is 250 g/mol. The number of nitrogens with one attached hydrogen (secondary N) is 1. The van der Waals surface area contributed by atoms with E-state index in [2.05, 4.69) is 15.6 Å². The van der Waals surface area contributed by atoms with E-state index >= 15 is 0 Å². The standard InChI is InChI=1S/C11H13N5O3/c17-6-5-15-8-9(13-14-15)7-12-10-3-1-2-4-11(10)16(18)19/h1-4,8,12,17H,5-7H2. The van der Waals surface area contributed by atoms with Crippen LogP contribution in [0, 0.1) is 10.1 Å². The monoisotopic (exact) mass is 263 g/mol. The van der Waals surface area contributed by atoms with Crippen LogP contribution < -0.4 is 5.32 Å². The van der Waals surface area contributed by atoms with Crippen molar-refractivity contribution in [2.45, 2.75) is 13.1 Å². The minimum atomic E-state index is -0.440. The highest BCUT2D eigenvalue weighted by atomic mass is 16.6. The van der Waals surface area contributed by atoms with Gasteiger partial charge in [-0.1, -0.05) is 17.3 Å². The summed E-state index contributed by atoms with van der Waals surface area (Å²) < 4.78 is 1.51. The smallest absolute Gasteiger partial charge is 0.292 e. The number of nitro groups is 1. The Balaban J connectivity index is 2.03. The second-order valence-corrected chi connectivity index (χ2v) is 3.82. The Morgan fingerprint density at radius 1 is 1.42 bits per heavy atom. The largest absolute Gasteiger partial charge is 0.394 e. The number of rotatable bonds is 6. The predicted molar refractivity (Wildman–Crippen MR) is 67.5 cm³/mol. The van der Waals surface area contributed by atoms with Crippen molar-refractivity contribution in [3.8, 4) is 0 Å². The Bertz CT molecular complexity index is 569. The molecular formula is C11H13N5O3. The van der Waals surface area contributed by atoms with Gasteiger partial charge in [0.25, 0.3) is 5.69 Å². The number of aliphatic hydroxyl groups excluding tert-OH is 1. The molecule has 0 spiro atoms. The molecule has 0 fully saturated rings. The van der Waals surface area contributed by atoms with E-state index in [0.717, 1.165) is 0 Å². The Morgan fingerprint density at radius 3 is 2.95 bits per heavy atom. The van der Waals surface area contributed by atoms with Crippen LogP contribution >= 0.6 is 0 Å². The second kappa shape index (κ2) is 5.91. The molecule has 0 saturated carbocycles. The molecule has 8 nitrogen and oxygen atoms in total. The molecule has 1 heterocycles. The van der Waals surface area contributed by atoms with Crippen LogP contribution in [-0.4, -0.2) is 31.6 Å². The molecule has 8 heteroatoms. The number of hydrogen-bond acceptors (Lipinski definition) is 6. The molecule has 0 atom stereocenters. The zero-order valence-electron chi connectivity index (χ0n) is 10.1. The summed E-state index contributed by atoms with van der Waals surface area (Å²) in [5.41, 5.74) is 1.10. The average molecular weight is 263 g/mol. The lowest BCUT2D eigenvalue weighted by Gasteiger charge is -2.04.